The molecule has 3 amide bonds. The number of ether oxygens (including phenoxy) is 2. The highest BCUT2D eigenvalue weighted by Crippen LogP contribution is 2.57. The summed E-state index contributed by atoms with van der Waals surface area (Å²) in [7, 11) is -1.50. The SMILES string of the molecule is CN(C)S(=O)(=O)NC(=O)[C@]12CC(=O)[C@@H]3C[C@@H](Oc4nc5ccccc5n4-c4ccccc4)CN3C(=O)[C@@H](NC(=O)OC(C)(C)C)CCCCC/C=C\[C@@H]1C2. The molecule has 3 heterocycles. The number of rotatable bonds is 7. The summed E-state index contributed by atoms with van der Waals surface area (Å²) in [5.41, 5.74) is 0.223. The molecule has 15 heteroatoms. The van der Waals surface area contributed by atoms with Crippen LogP contribution in [-0.4, -0.2) is 95.3 Å². The Morgan fingerprint density at radius 1 is 1.00 bits per heavy atom. The fourth-order valence-electron chi connectivity index (χ4n) is 7.31. The first kappa shape index (κ1) is 38.9. The third-order valence-electron chi connectivity index (χ3n) is 10.2. The standard InChI is InChI=1S/C39H50N6O8S/c1-38(2,3)53-37(49)41-30-20-13-8-6-7-10-16-26-23-39(26,35(48)42-54(50,51)43(4)5)24-33(46)32-22-28(25-44(32)34(30)47)52-36-40-29-19-14-15-21-31(29)45(36)27-17-11-9-12-18-27/h9-12,14-19,21,26,28,30,32H,6-8,13,20,22-25H2,1-5H3,(H,41,49)(H,42,48)/b16-10-/t26-,28-,30+,32+,39-/m1/s1. The Kier molecular flexibility index (Phi) is 11.2. The lowest BCUT2D eigenvalue weighted by Gasteiger charge is -2.30. The smallest absolute Gasteiger partial charge is 0.408 e. The minimum Gasteiger partial charge on any atom is -0.459 e. The second-order valence-corrected chi connectivity index (χ2v) is 17.5. The Labute approximate surface area is 316 Å². The largest absolute Gasteiger partial charge is 0.459 e. The van der Waals surface area contributed by atoms with Gasteiger partial charge in [0.25, 0.3) is 0 Å². The van der Waals surface area contributed by atoms with Gasteiger partial charge in [-0.2, -0.15) is 17.7 Å². The van der Waals surface area contributed by atoms with Gasteiger partial charge in [-0.1, -0.05) is 55.3 Å². The lowest BCUT2D eigenvalue weighted by atomic mass is 9.91. The summed E-state index contributed by atoms with van der Waals surface area (Å²) in [5.74, 6) is -1.97. The maximum Gasteiger partial charge on any atom is 0.408 e. The first-order chi connectivity index (χ1) is 25.6. The molecule has 1 aromatic heterocycles. The molecule has 5 atom stereocenters. The number of nitrogens with one attached hydrogen (secondary N) is 2. The summed E-state index contributed by atoms with van der Waals surface area (Å²) in [6.07, 6.45) is 5.77. The molecule has 1 saturated heterocycles. The van der Waals surface area contributed by atoms with Gasteiger partial charge in [-0.05, 0) is 76.6 Å². The highest BCUT2D eigenvalue weighted by molar-refractivity contribution is 7.87. The summed E-state index contributed by atoms with van der Waals surface area (Å²) >= 11 is 0. The monoisotopic (exact) mass is 762 g/mol. The number of aromatic nitrogens is 2. The van der Waals surface area contributed by atoms with Crippen molar-refractivity contribution in [3.05, 3.63) is 66.7 Å². The topological polar surface area (TPSA) is 169 Å². The highest BCUT2D eigenvalue weighted by Gasteiger charge is 2.61. The molecule has 14 nitrogen and oxygen atoms in total. The number of nitrogens with zero attached hydrogens (tertiary/aromatic N) is 4. The molecule has 1 saturated carbocycles. The van der Waals surface area contributed by atoms with E-state index in [4.69, 9.17) is 14.5 Å². The number of fused-ring (bicyclic) bond motifs is 3. The molecule has 2 N–H and O–H groups in total. The minimum atomic E-state index is -4.13. The van der Waals surface area contributed by atoms with Gasteiger partial charge in [0.2, 0.25) is 11.8 Å². The van der Waals surface area contributed by atoms with Gasteiger partial charge in [0.15, 0.2) is 5.78 Å². The summed E-state index contributed by atoms with van der Waals surface area (Å²) in [6.45, 7) is 5.22. The van der Waals surface area contributed by atoms with Crippen molar-refractivity contribution in [2.24, 2.45) is 11.3 Å². The molecule has 1 aliphatic carbocycles. The Balaban J connectivity index is 1.35. The van der Waals surface area contributed by atoms with E-state index in [0.717, 1.165) is 28.4 Å². The van der Waals surface area contributed by atoms with Crippen LogP contribution in [0.2, 0.25) is 0 Å². The lowest BCUT2D eigenvalue weighted by molar-refractivity contribution is -0.140. The number of hydrogen-bond donors (Lipinski definition) is 2. The molecule has 2 aliphatic heterocycles. The Bertz CT molecular complexity index is 2020. The van der Waals surface area contributed by atoms with Crippen molar-refractivity contribution in [1.29, 1.82) is 0 Å². The summed E-state index contributed by atoms with van der Waals surface area (Å²) in [4.78, 5) is 62.1. The van der Waals surface area contributed by atoms with Gasteiger partial charge in [0.1, 0.15) is 17.7 Å². The van der Waals surface area contributed by atoms with Gasteiger partial charge in [0, 0.05) is 26.9 Å². The quantitative estimate of drug-likeness (QED) is 0.325. The molecule has 2 aromatic carbocycles. The van der Waals surface area contributed by atoms with E-state index in [9.17, 15) is 27.6 Å². The van der Waals surface area contributed by atoms with Crippen LogP contribution in [0.1, 0.15) is 72.1 Å². The number of alkyl carbamates (subject to hydrolysis) is 1. The molecule has 0 spiro atoms. The van der Waals surface area contributed by atoms with Gasteiger partial charge in [-0.3, -0.25) is 19.0 Å². The fourth-order valence-corrected chi connectivity index (χ4v) is 7.93. The number of amides is 3. The Hall–Kier alpha value is -4.76. The molecule has 0 radical (unpaired) electrons. The van der Waals surface area contributed by atoms with Crippen molar-refractivity contribution in [2.45, 2.75) is 95.9 Å². The molecular weight excluding hydrogens is 713 g/mol. The first-order valence-corrected chi connectivity index (χ1v) is 20.0. The van der Waals surface area contributed by atoms with Crippen LogP contribution in [0.3, 0.4) is 0 Å². The van der Waals surface area contributed by atoms with Crippen LogP contribution >= 0.6 is 0 Å². The zero-order chi connectivity index (χ0) is 38.8. The predicted octanol–water partition coefficient (Wildman–Crippen LogP) is 4.68. The van der Waals surface area contributed by atoms with Crippen LogP contribution < -0.4 is 14.8 Å². The van der Waals surface area contributed by atoms with Crippen LogP contribution in [0.25, 0.3) is 16.7 Å². The van der Waals surface area contributed by atoms with Crippen LogP contribution in [-0.2, 0) is 29.3 Å². The minimum absolute atomic E-state index is 0.0112. The van der Waals surface area contributed by atoms with Crippen molar-refractivity contribution in [3.8, 4) is 11.7 Å². The Morgan fingerprint density at radius 3 is 2.44 bits per heavy atom. The number of benzene rings is 2. The predicted molar refractivity (Wildman–Crippen MR) is 202 cm³/mol. The molecular formula is C39H50N6O8S. The molecule has 54 heavy (non-hydrogen) atoms. The van der Waals surface area contributed by atoms with E-state index in [1.54, 1.807) is 20.8 Å². The van der Waals surface area contributed by atoms with E-state index in [-0.39, 0.29) is 37.7 Å². The molecule has 2 fully saturated rings. The molecule has 290 valence electrons. The molecule has 0 unspecified atom stereocenters. The van der Waals surface area contributed by atoms with Crippen molar-refractivity contribution in [1.82, 2.24) is 28.8 Å². The average molecular weight is 763 g/mol. The van der Waals surface area contributed by atoms with E-state index in [0.29, 0.717) is 24.8 Å². The fraction of sp³-hybridized carbons (Fsp3) is 0.513. The van der Waals surface area contributed by atoms with Gasteiger partial charge in [0.05, 0.1) is 34.7 Å². The number of imidazole rings is 1. The number of Topliss-reactive ketones (excluding diaryl/α,β-unsaturated/α-hetero) is 1. The normalized spacial score (nSPS) is 25.9. The second kappa shape index (κ2) is 15.5. The van der Waals surface area contributed by atoms with Crippen LogP contribution in [0, 0.1) is 11.3 Å². The highest BCUT2D eigenvalue weighted by atomic mass is 32.2. The molecule has 6 rings (SSSR count). The summed E-state index contributed by atoms with van der Waals surface area (Å²) in [6, 6.07) is 15.5. The zero-order valence-electron chi connectivity index (χ0n) is 31.5. The molecule has 0 bridgehead atoms. The number of carbonyl (C=O) groups is 4. The number of carbonyl (C=O) groups excluding carboxylic acids is 4. The van der Waals surface area contributed by atoms with Gasteiger partial charge < -0.3 is 19.7 Å². The van der Waals surface area contributed by atoms with E-state index >= 15 is 0 Å². The lowest BCUT2D eigenvalue weighted by Crippen LogP contribution is -2.53. The average Bonchev–Trinajstić information content (AvgIpc) is 3.44. The van der Waals surface area contributed by atoms with Gasteiger partial charge >= 0.3 is 22.3 Å². The van der Waals surface area contributed by atoms with Crippen molar-refractivity contribution >= 4 is 44.9 Å². The molecule has 3 aliphatic rings. The second-order valence-electron chi connectivity index (χ2n) is 15.6. The number of hydrogen-bond acceptors (Lipinski definition) is 9. The number of para-hydroxylation sites is 3. The van der Waals surface area contributed by atoms with Crippen LogP contribution in [0.5, 0.6) is 6.01 Å². The maximum atomic E-state index is 14.6. The third-order valence-corrected chi connectivity index (χ3v) is 11.6. The third kappa shape index (κ3) is 8.62. The zero-order valence-corrected chi connectivity index (χ0v) is 32.3. The summed E-state index contributed by atoms with van der Waals surface area (Å²) in [5, 5.41) is 2.77. The van der Waals surface area contributed by atoms with Crippen LogP contribution in [0.15, 0.2) is 66.7 Å². The number of allylic oxidation sites excluding steroid dienone is 2. The number of ketones is 1. The van der Waals surface area contributed by atoms with Crippen LogP contribution in [0.4, 0.5) is 4.79 Å². The van der Waals surface area contributed by atoms with E-state index in [2.05, 4.69) is 10.0 Å². The van der Waals surface area contributed by atoms with E-state index in [1.165, 1.54) is 19.0 Å². The Morgan fingerprint density at radius 2 is 1.72 bits per heavy atom. The van der Waals surface area contributed by atoms with Crippen molar-refractivity contribution < 1.29 is 37.1 Å². The first-order valence-electron chi connectivity index (χ1n) is 18.5. The van der Waals surface area contributed by atoms with Gasteiger partial charge in [-0.25, -0.2) is 9.52 Å². The van der Waals surface area contributed by atoms with E-state index in [1.807, 2.05) is 71.3 Å². The van der Waals surface area contributed by atoms with Crippen molar-refractivity contribution in [3.63, 3.8) is 0 Å². The maximum absolute atomic E-state index is 14.6. The van der Waals surface area contributed by atoms with E-state index < -0.39 is 63.1 Å². The van der Waals surface area contributed by atoms with Gasteiger partial charge in [-0.15, -0.1) is 0 Å². The summed E-state index contributed by atoms with van der Waals surface area (Å²) < 4.78 is 42.5. The molecule has 3 aromatic rings. The van der Waals surface area contributed by atoms with Crippen molar-refractivity contribution in [2.75, 3.05) is 20.6 Å².